The third-order valence-electron chi connectivity index (χ3n) is 3.70. The molecule has 0 fully saturated rings. The minimum absolute atomic E-state index is 0.335. The fraction of sp³-hybridized carbons (Fsp3) is 0.412. The largest absolute Gasteiger partial charge is 0.367 e. The fourth-order valence-corrected chi connectivity index (χ4v) is 3.35. The van der Waals surface area contributed by atoms with E-state index in [1.807, 2.05) is 12.1 Å². The van der Waals surface area contributed by atoms with Gasteiger partial charge in [0.1, 0.15) is 0 Å². The van der Waals surface area contributed by atoms with Crippen molar-refractivity contribution in [3.8, 4) is 0 Å². The van der Waals surface area contributed by atoms with Gasteiger partial charge in [-0.05, 0) is 30.5 Å². The van der Waals surface area contributed by atoms with Crippen LogP contribution in [0.1, 0.15) is 37.3 Å². The van der Waals surface area contributed by atoms with Crippen LogP contribution in [0, 0.1) is 0 Å². The molecule has 2 rings (SSSR count). The lowest BCUT2D eigenvalue weighted by Gasteiger charge is -2.29. The van der Waals surface area contributed by atoms with Gasteiger partial charge in [0, 0.05) is 40.8 Å². The highest BCUT2D eigenvalue weighted by Crippen LogP contribution is 2.33. The zero-order valence-electron chi connectivity index (χ0n) is 13.1. The quantitative estimate of drug-likeness (QED) is 0.796. The minimum Gasteiger partial charge on any atom is -0.367 e. The number of hydrogen-bond donors (Lipinski definition) is 1. The predicted molar refractivity (Wildman–Crippen MR) is 94.6 cm³/mol. The highest BCUT2D eigenvalue weighted by molar-refractivity contribution is 7.10. The Labute approximate surface area is 136 Å². The molecule has 0 spiro atoms. The maximum Gasteiger partial charge on any atom is 0.0603 e. The molecule has 114 valence electrons. The van der Waals surface area contributed by atoms with Crippen molar-refractivity contribution in [3.63, 3.8) is 0 Å². The van der Waals surface area contributed by atoms with Gasteiger partial charge in [-0.25, -0.2) is 0 Å². The lowest BCUT2D eigenvalue weighted by Crippen LogP contribution is -2.26. The Balaban J connectivity index is 2.27. The highest BCUT2D eigenvalue weighted by Gasteiger charge is 2.17. The molecule has 0 aliphatic carbocycles. The molecule has 0 radical (unpaired) electrons. The van der Waals surface area contributed by atoms with E-state index in [2.05, 4.69) is 61.6 Å². The van der Waals surface area contributed by atoms with Crippen molar-refractivity contribution in [2.75, 3.05) is 11.9 Å². The zero-order valence-corrected chi connectivity index (χ0v) is 14.6. The van der Waals surface area contributed by atoms with Crippen molar-refractivity contribution < 1.29 is 0 Å². The van der Waals surface area contributed by atoms with Crippen molar-refractivity contribution in [1.29, 1.82) is 0 Å². The van der Waals surface area contributed by atoms with Crippen LogP contribution < -0.4 is 10.2 Å². The normalized spacial score (nSPS) is 12.7. The minimum atomic E-state index is 0.335. The number of anilines is 1. The smallest absolute Gasteiger partial charge is 0.0603 e. The van der Waals surface area contributed by atoms with Gasteiger partial charge in [0.2, 0.25) is 0 Å². The molecule has 1 N–H and O–H groups in total. The summed E-state index contributed by atoms with van der Waals surface area (Å²) in [5, 5.41) is 6.41. The second kappa shape index (κ2) is 7.30. The van der Waals surface area contributed by atoms with E-state index in [9.17, 15) is 0 Å². The molecule has 1 aromatic carbocycles. The second-order valence-corrected chi connectivity index (χ2v) is 6.96. The van der Waals surface area contributed by atoms with Crippen molar-refractivity contribution in [2.45, 2.75) is 39.4 Å². The summed E-state index contributed by atoms with van der Waals surface area (Å²) < 4.78 is 0. The summed E-state index contributed by atoms with van der Waals surface area (Å²) in [6.45, 7) is 7.31. The van der Waals surface area contributed by atoms with E-state index >= 15 is 0 Å². The Bertz CT molecular complexity index is 566. The monoisotopic (exact) mass is 322 g/mol. The van der Waals surface area contributed by atoms with Crippen molar-refractivity contribution in [3.05, 3.63) is 51.2 Å². The Kier molecular flexibility index (Phi) is 5.68. The lowest BCUT2D eigenvalue weighted by molar-refractivity contribution is 0.587. The van der Waals surface area contributed by atoms with E-state index < -0.39 is 0 Å². The van der Waals surface area contributed by atoms with E-state index in [4.69, 9.17) is 11.6 Å². The number of benzene rings is 1. The van der Waals surface area contributed by atoms with Crippen LogP contribution in [-0.4, -0.2) is 13.1 Å². The summed E-state index contributed by atoms with van der Waals surface area (Å²) in [6.07, 6.45) is 0. The van der Waals surface area contributed by atoms with Crippen LogP contribution in [0.25, 0.3) is 0 Å². The van der Waals surface area contributed by atoms with E-state index in [-0.39, 0.29) is 0 Å². The molecule has 2 nitrogen and oxygen atoms in total. The van der Waals surface area contributed by atoms with Gasteiger partial charge in [0.15, 0.2) is 0 Å². The van der Waals surface area contributed by atoms with Gasteiger partial charge < -0.3 is 10.2 Å². The molecule has 4 heteroatoms. The molecule has 1 aromatic heterocycles. The third-order valence-corrected chi connectivity index (χ3v) is 5.09. The summed E-state index contributed by atoms with van der Waals surface area (Å²) in [5.41, 5.74) is 2.36. The molecular weight excluding hydrogens is 300 g/mol. The Morgan fingerprint density at radius 1 is 1.19 bits per heavy atom. The zero-order chi connectivity index (χ0) is 15.4. The second-order valence-electron chi connectivity index (χ2n) is 5.58. The highest BCUT2D eigenvalue weighted by atomic mass is 35.5. The molecule has 0 amide bonds. The molecule has 0 saturated heterocycles. The maximum atomic E-state index is 6.42. The molecule has 1 heterocycles. The molecule has 0 aliphatic heterocycles. The number of hydrogen-bond acceptors (Lipinski definition) is 3. The summed E-state index contributed by atoms with van der Waals surface area (Å²) in [5.74, 6) is 0. The van der Waals surface area contributed by atoms with Gasteiger partial charge in [-0.15, -0.1) is 11.3 Å². The summed E-state index contributed by atoms with van der Waals surface area (Å²) in [4.78, 5) is 3.66. The number of rotatable bonds is 6. The van der Waals surface area contributed by atoms with E-state index in [0.717, 1.165) is 11.6 Å². The Morgan fingerprint density at radius 3 is 2.57 bits per heavy atom. The number of thiophene rings is 1. The van der Waals surface area contributed by atoms with E-state index in [0.29, 0.717) is 12.1 Å². The molecule has 21 heavy (non-hydrogen) atoms. The predicted octanol–water partition coefficient (Wildman–Crippen LogP) is 5.10. The van der Waals surface area contributed by atoms with E-state index in [1.54, 1.807) is 11.3 Å². The average Bonchev–Trinajstić information content (AvgIpc) is 2.98. The van der Waals surface area contributed by atoms with E-state index in [1.165, 1.54) is 16.1 Å². The Morgan fingerprint density at radius 2 is 1.95 bits per heavy atom. The SMILES string of the molecule is CC(C)NCc1c(Cl)cccc1N(C)C(C)c1cccs1. The van der Waals surface area contributed by atoms with Gasteiger partial charge in [0.05, 0.1) is 6.04 Å². The van der Waals surface area contributed by atoms with Gasteiger partial charge in [-0.2, -0.15) is 0 Å². The number of nitrogens with zero attached hydrogens (tertiary/aromatic N) is 1. The molecule has 0 saturated carbocycles. The van der Waals surface area contributed by atoms with Crippen molar-refractivity contribution >= 4 is 28.6 Å². The van der Waals surface area contributed by atoms with Gasteiger partial charge >= 0.3 is 0 Å². The van der Waals surface area contributed by atoms with Crippen LogP contribution in [0.4, 0.5) is 5.69 Å². The van der Waals surface area contributed by atoms with Crippen LogP contribution in [0.3, 0.4) is 0 Å². The van der Waals surface area contributed by atoms with Gasteiger partial charge in [0.25, 0.3) is 0 Å². The fourth-order valence-electron chi connectivity index (χ4n) is 2.29. The first kappa shape index (κ1) is 16.3. The van der Waals surface area contributed by atoms with Crippen LogP contribution in [0.5, 0.6) is 0 Å². The molecule has 0 bridgehead atoms. The average molecular weight is 323 g/mol. The first-order valence-electron chi connectivity index (χ1n) is 7.27. The van der Waals surface area contributed by atoms with Crippen LogP contribution >= 0.6 is 22.9 Å². The Hall–Kier alpha value is -1.03. The lowest BCUT2D eigenvalue weighted by atomic mass is 10.1. The van der Waals surface area contributed by atoms with Crippen molar-refractivity contribution in [1.82, 2.24) is 5.32 Å². The van der Waals surface area contributed by atoms with Crippen LogP contribution in [0.15, 0.2) is 35.7 Å². The van der Waals surface area contributed by atoms with Gasteiger partial charge in [-0.1, -0.05) is 37.6 Å². The molecular formula is C17H23ClN2S. The molecule has 1 unspecified atom stereocenters. The first-order valence-corrected chi connectivity index (χ1v) is 8.53. The first-order chi connectivity index (χ1) is 10.0. The number of halogens is 1. The van der Waals surface area contributed by atoms with Gasteiger partial charge in [-0.3, -0.25) is 0 Å². The standard InChI is InChI=1S/C17H23ClN2S/c1-12(2)19-11-14-15(18)7-5-8-16(14)20(4)13(3)17-9-6-10-21-17/h5-10,12-13,19H,11H2,1-4H3. The molecule has 2 aromatic rings. The third kappa shape index (κ3) is 4.00. The molecule has 0 aliphatic rings. The van der Waals surface area contributed by atoms with Crippen molar-refractivity contribution in [2.24, 2.45) is 0 Å². The number of nitrogens with one attached hydrogen (secondary N) is 1. The summed E-state index contributed by atoms with van der Waals surface area (Å²) in [6, 6.07) is 11.2. The summed E-state index contributed by atoms with van der Waals surface area (Å²) >= 11 is 8.21. The van der Waals surface area contributed by atoms with Crippen LogP contribution in [-0.2, 0) is 6.54 Å². The summed E-state index contributed by atoms with van der Waals surface area (Å²) in [7, 11) is 2.13. The van der Waals surface area contributed by atoms with Crippen LogP contribution in [0.2, 0.25) is 5.02 Å². The molecule has 1 atom stereocenters. The topological polar surface area (TPSA) is 15.3 Å². The maximum absolute atomic E-state index is 6.42.